The van der Waals surface area contributed by atoms with Gasteiger partial charge in [0.15, 0.2) is 6.10 Å². The van der Waals surface area contributed by atoms with Crippen molar-refractivity contribution >= 4 is 27.4 Å². The van der Waals surface area contributed by atoms with E-state index in [1.165, 1.54) is 4.70 Å². The fourth-order valence-corrected chi connectivity index (χ4v) is 3.34. The quantitative estimate of drug-likeness (QED) is 0.630. The summed E-state index contributed by atoms with van der Waals surface area (Å²) >= 11 is 1.68. The molecule has 2 unspecified atom stereocenters. The first kappa shape index (κ1) is 11.7. The Morgan fingerprint density at radius 2 is 2.28 bits per heavy atom. The molecule has 3 rings (SSSR count). The summed E-state index contributed by atoms with van der Waals surface area (Å²) in [5.41, 5.74) is 0.562. The molecule has 2 atom stereocenters. The summed E-state index contributed by atoms with van der Waals surface area (Å²) in [6.45, 7) is 4.14. The third-order valence-electron chi connectivity index (χ3n) is 3.32. The maximum Gasteiger partial charge on any atom is 0.338 e. The van der Waals surface area contributed by atoms with Gasteiger partial charge in [0.2, 0.25) is 0 Å². The first-order valence-electron chi connectivity index (χ1n) is 5.98. The monoisotopic (exact) mass is 262 g/mol. The van der Waals surface area contributed by atoms with Gasteiger partial charge in [-0.05, 0) is 30.7 Å². The molecule has 1 fully saturated rings. The molecule has 0 saturated carbocycles. The number of carbonyl (C=O) groups is 1. The van der Waals surface area contributed by atoms with Gasteiger partial charge in [0, 0.05) is 10.3 Å². The molecule has 18 heavy (non-hydrogen) atoms. The SMILES string of the molecule is CCOC(=O)C1OC1(C)c1csc2ccccc12. The highest BCUT2D eigenvalue weighted by atomic mass is 32.1. The number of benzene rings is 1. The molecule has 2 heterocycles. The minimum Gasteiger partial charge on any atom is -0.464 e. The van der Waals surface area contributed by atoms with Gasteiger partial charge in [0.25, 0.3) is 0 Å². The number of thiophene rings is 1. The van der Waals surface area contributed by atoms with E-state index in [9.17, 15) is 4.79 Å². The van der Waals surface area contributed by atoms with Crippen molar-refractivity contribution in [3.63, 3.8) is 0 Å². The van der Waals surface area contributed by atoms with E-state index in [1.807, 2.05) is 19.1 Å². The second-order valence-corrected chi connectivity index (χ2v) is 5.41. The van der Waals surface area contributed by atoms with Crippen molar-refractivity contribution in [2.24, 2.45) is 0 Å². The number of carbonyl (C=O) groups excluding carboxylic acids is 1. The van der Waals surface area contributed by atoms with Crippen LogP contribution in [0.3, 0.4) is 0 Å². The van der Waals surface area contributed by atoms with Crippen LogP contribution in [0.1, 0.15) is 19.4 Å². The normalized spacial score (nSPS) is 26.2. The first-order valence-corrected chi connectivity index (χ1v) is 6.86. The van der Waals surface area contributed by atoms with Gasteiger partial charge in [0.05, 0.1) is 6.61 Å². The molecule has 3 nitrogen and oxygen atoms in total. The Kier molecular flexibility index (Phi) is 2.64. The van der Waals surface area contributed by atoms with Crippen molar-refractivity contribution in [3.05, 3.63) is 35.2 Å². The summed E-state index contributed by atoms with van der Waals surface area (Å²) in [7, 11) is 0. The van der Waals surface area contributed by atoms with E-state index in [2.05, 4.69) is 17.5 Å². The van der Waals surface area contributed by atoms with Gasteiger partial charge in [-0.3, -0.25) is 0 Å². The Hall–Kier alpha value is -1.39. The Bertz CT molecular complexity index is 604. The Morgan fingerprint density at radius 1 is 1.50 bits per heavy atom. The van der Waals surface area contributed by atoms with Gasteiger partial charge in [-0.2, -0.15) is 0 Å². The zero-order valence-electron chi connectivity index (χ0n) is 10.3. The largest absolute Gasteiger partial charge is 0.464 e. The molecule has 0 N–H and O–H groups in total. The number of rotatable bonds is 3. The zero-order chi connectivity index (χ0) is 12.8. The third-order valence-corrected chi connectivity index (χ3v) is 4.29. The van der Waals surface area contributed by atoms with Gasteiger partial charge < -0.3 is 9.47 Å². The number of fused-ring (bicyclic) bond motifs is 1. The molecule has 2 aromatic rings. The fraction of sp³-hybridized carbons (Fsp3) is 0.357. The van der Waals surface area contributed by atoms with Crippen molar-refractivity contribution < 1.29 is 14.3 Å². The smallest absolute Gasteiger partial charge is 0.338 e. The van der Waals surface area contributed by atoms with E-state index in [0.717, 1.165) is 10.9 Å². The number of ether oxygens (including phenoxy) is 2. The first-order chi connectivity index (χ1) is 8.66. The summed E-state index contributed by atoms with van der Waals surface area (Å²) in [4.78, 5) is 11.7. The molecular weight excluding hydrogens is 248 g/mol. The van der Waals surface area contributed by atoms with Crippen molar-refractivity contribution in [2.75, 3.05) is 6.61 Å². The van der Waals surface area contributed by atoms with E-state index in [0.29, 0.717) is 6.61 Å². The second-order valence-electron chi connectivity index (χ2n) is 4.50. The molecule has 0 aliphatic carbocycles. The van der Waals surface area contributed by atoms with Crippen LogP contribution in [0.4, 0.5) is 0 Å². The van der Waals surface area contributed by atoms with Crippen LogP contribution >= 0.6 is 11.3 Å². The third kappa shape index (κ3) is 1.64. The number of esters is 1. The van der Waals surface area contributed by atoms with Crippen LogP contribution in [0, 0.1) is 0 Å². The molecular formula is C14H14O3S. The molecule has 1 aromatic carbocycles. The minimum absolute atomic E-state index is 0.268. The summed E-state index contributed by atoms with van der Waals surface area (Å²) < 4.78 is 11.8. The van der Waals surface area contributed by atoms with Gasteiger partial charge in [-0.1, -0.05) is 18.2 Å². The molecule has 94 valence electrons. The number of hydrogen-bond acceptors (Lipinski definition) is 4. The van der Waals surface area contributed by atoms with E-state index in [-0.39, 0.29) is 5.97 Å². The van der Waals surface area contributed by atoms with E-state index < -0.39 is 11.7 Å². The lowest BCUT2D eigenvalue weighted by Crippen LogP contribution is -2.18. The Labute approximate surface area is 109 Å². The highest BCUT2D eigenvalue weighted by Gasteiger charge is 2.60. The summed E-state index contributed by atoms with van der Waals surface area (Å²) in [6.07, 6.45) is -0.463. The lowest BCUT2D eigenvalue weighted by Gasteiger charge is -2.05. The number of epoxide rings is 1. The average molecular weight is 262 g/mol. The number of hydrogen-bond donors (Lipinski definition) is 0. The molecule has 1 aromatic heterocycles. The van der Waals surface area contributed by atoms with Crippen LogP contribution in [0.5, 0.6) is 0 Å². The maximum atomic E-state index is 11.7. The lowest BCUT2D eigenvalue weighted by atomic mass is 9.97. The van der Waals surface area contributed by atoms with Gasteiger partial charge in [-0.25, -0.2) is 4.79 Å². The van der Waals surface area contributed by atoms with Crippen LogP contribution in [-0.4, -0.2) is 18.7 Å². The van der Waals surface area contributed by atoms with E-state index >= 15 is 0 Å². The topological polar surface area (TPSA) is 38.8 Å². The van der Waals surface area contributed by atoms with Gasteiger partial charge in [-0.15, -0.1) is 11.3 Å². The molecule has 0 amide bonds. The highest BCUT2D eigenvalue weighted by Crippen LogP contribution is 2.50. The predicted octanol–water partition coefficient (Wildman–Crippen LogP) is 3.08. The van der Waals surface area contributed by atoms with E-state index in [4.69, 9.17) is 9.47 Å². The van der Waals surface area contributed by atoms with Crippen LogP contribution < -0.4 is 0 Å². The minimum atomic E-state index is -0.522. The molecule has 0 spiro atoms. The Morgan fingerprint density at radius 3 is 3.06 bits per heavy atom. The fourth-order valence-electron chi connectivity index (χ4n) is 2.27. The van der Waals surface area contributed by atoms with E-state index in [1.54, 1.807) is 18.3 Å². The van der Waals surface area contributed by atoms with Crippen molar-refractivity contribution in [3.8, 4) is 0 Å². The predicted molar refractivity (Wildman–Crippen MR) is 70.7 cm³/mol. The Balaban J connectivity index is 1.94. The molecule has 0 radical (unpaired) electrons. The molecule has 1 saturated heterocycles. The summed E-state index contributed by atoms with van der Waals surface area (Å²) in [5.74, 6) is -0.268. The van der Waals surface area contributed by atoms with Gasteiger partial charge in [0.1, 0.15) is 5.60 Å². The molecule has 1 aliphatic heterocycles. The maximum absolute atomic E-state index is 11.7. The van der Waals surface area contributed by atoms with Crippen molar-refractivity contribution in [1.82, 2.24) is 0 Å². The standard InChI is InChI=1S/C14H14O3S/c1-3-16-13(15)12-14(2,17-12)10-8-18-11-7-5-4-6-9(10)11/h4-8,12H,3H2,1-2H3. The van der Waals surface area contributed by atoms with Crippen molar-refractivity contribution in [1.29, 1.82) is 0 Å². The summed E-state index contributed by atoms with van der Waals surface area (Å²) in [5, 5.41) is 3.24. The van der Waals surface area contributed by atoms with Crippen LogP contribution in [0.25, 0.3) is 10.1 Å². The van der Waals surface area contributed by atoms with Crippen LogP contribution in [0.15, 0.2) is 29.6 Å². The lowest BCUT2D eigenvalue weighted by molar-refractivity contribution is -0.144. The second kappa shape index (κ2) is 4.07. The van der Waals surface area contributed by atoms with Crippen molar-refractivity contribution in [2.45, 2.75) is 25.6 Å². The molecule has 4 heteroatoms. The van der Waals surface area contributed by atoms with Gasteiger partial charge >= 0.3 is 5.97 Å². The zero-order valence-corrected chi connectivity index (χ0v) is 11.1. The van der Waals surface area contributed by atoms with Crippen LogP contribution in [0.2, 0.25) is 0 Å². The van der Waals surface area contributed by atoms with Crippen LogP contribution in [-0.2, 0) is 19.9 Å². The average Bonchev–Trinajstić information content (AvgIpc) is 2.88. The summed E-state index contributed by atoms with van der Waals surface area (Å²) in [6, 6.07) is 8.16. The molecule has 0 bridgehead atoms. The molecule has 1 aliphatic rings. The highest BCUT2D eigenvalue weighted by molar-refractivity contribution is 7.17.